The number of hydrogen-bond donors (Lipinski definition) is 2. The maximum absolute atomic E-state index is 12.5. The lowest BCUT2D eigenvalue weighted by atomic mass is 10.1. The Balaban J connectivity index is 1.70. The van der Waals surface area contributed by atoms with Gasteiger partial charge in [0, 0.05) is 11.9 Å². The standard InChI is InChI=1S/C23H25N3O2/c1-3-4-7-17-8-5-6-9-20(17)28-19-12-10-18(11-13-19)26-23(27)21-16(2)14-15-25-22(21)24/h5-6,8-15H,3-4,7H2,1-2H3,(H2,24,25)(H,26,27). The predicted molar refractivity (Wildman–Crippen MR) is 113 cm³/mol. The number of hydrogen-bond acceptors (Lipinski definition) is 4. The predicted octanol–water partition coefficient (Wildman–Crippen LogP) is 5.36. The summed E-state index contributed by atoms with van der Waals surface area (Å²) < 4.78 is 6.05. The molecule has 0 saturated heterocycles. The van der Waals surface area contributed by atoms with Crippen LogP contribution in [-0.2, 0) is 6.42 Å². The van der Waals surface area contributed by atoms with Crippen molar-refractivity contribution in [2.24, 2.45) is 0 Å². The van der Waals surface area contributed by atoms with E-state index in [1.54, 1.807) is 12.3 Å². The number of anilines is 2. The zero-order valence-electron chi connectivity index (χ0n) is 16.2. The maximum Gasteiger partial charge on any atom is 0.259 e. The number of para-hydroxylation sites is 1. The van der Waals surface area contributed by atoms with Gasteiger partial charge in [-0.25, -0.2) is 4.98 Å². The zero-order chi connectivity index (χ0) is 19.9. The van der Waals surface area contributed by atoms with Crippen LogP contribution in [0.4, 0.5) is 11.5 Å². The maximum atomic E-state index is 12.5. The monoisotopic (exact) mass is 375 g/mol. The number of aryl methyl sites for hydroxylation is 2. The molecule has 0 bridgehead atoms. The van der Waals surface area contributed by atoms with Crippen LogP contribution in [0.25, 0.3) is 0 Å². The fourth-order valence-corrected chi connectivity index (χ4v) is 2.98. The fraction of sp³-hybridized carbons (Fsp3) is 0.217. The minimum Gasteiger partial charge on any atom is -0.457 e. The molecule has 0 aliphatic carbocycles. The third kappa shape index (κ3) is 4.68. The van der Waals surface area contributed by atoms with Gasteiger partial charge in [-0.3, -0.25) is 4.79 Å². The van der Waals surface area contributed by atoms with Crippen LogP contribution >= 0.6 is 0 Å². The number of pyridine rings is 1. The summed E-state index contributed by atoms with van der Waals surface area (Å²) in [7, 11) is 0. The molecular weight excluding hydrogens is 350 g/mol. The number of ether oxygens (including phenoxy) is 1. The SMILES string of the molecule is CCCCc1ccccc1Oc1ccc(NC(=O)c2c(C)ccnc2N)cc1. The molecule has 144 valence electrons. The lowest BCUT2D eigenvalue weighted by Gasteiger charge is -2.12. The average molecular weight is 375 g/mol. The van der Waals surface area contributed by atoms with Crippen molar-refractivity contribution < 1.29 is 9.53 Å². The second-order valence-corrected chi connectivity index (χ2v) is 6.68. The molecule has 0 atom stereocenters. The number of nitrogens with zero attached hydrogens (tertiary/aromatic N) is 1. The largest absolute Gasteiger partial charge is 0.457 e. The summed E-state index contributed by atoms with van der Waals surface area (Å²) in [4.78, 5) is 16.5. The number of carbonyl (C=O) groups is 1. The first kappa shape index (κ1) is 19.4. The summed E-state index contributed by atoms with van der Waals surface area (Å²) in [6.45, 7) is 4.01. The Morgan fingerprint density at radius 1 is 1.11 bits per heavy atom. The van der Waals surface area contributed by atoms with Crippen LogP contribution in [0, 0.1) is 6.92 Å². The molecule has 0 spiro atoms. The summed E-state index contributed by atoms with van der Waals surface area (Å²) in [5, 5.41) is 2.86. The van der Waals surface area contributed by atoms with Crippen molar-refractivity contribution in [3.05, 3.63) is 77.5 Å². The minimum absolute atomic E-state index is 0.223. The van der Waals surface area contributed by atoms with E-state index in [1.165, 1.54) is 5.56 Å². The van der Waals surface area contributed by atoms with Crippen LogP contribution in [0.1, 0.15) is 41.3 Å². The lowest BCUT2D eigenvalue weighted by molar-refractivity contribution is 0.102. The molecule has 0 aliphatic heterocycles. The molecule has 2 aromatic carbocycles. The highest BCUT2D eigenvalue weighted by Gasteiger charge is 2.14. The van der Waals surface area contributed by atoms with E-state index >= 15 is 0 Å². The molecule has 3 rings (SSSR count). The molecule has 5 nitrogen and oxygen atoms in total. The highest BCUT2D eigenvalue weighted by atomic mass is 16.5. The quantitative estimate of drug-likeness (QED) is 0.583. The van der Waals surface area contributed by atoms with Crippen LogP contribution in [0.2, 0.25) is 0 Å². The first-order chi connectivity index (χ1) is 13.6. The molecular formula is C23H25N3O2. The average Bonchev–Trinajstić information content (AvgIpc) is 2.69. The van der Waals surface area contributed by atoms with Crippen molar-refractivity contribution >= 4 is 17.4 Å². The number of nitrogens with two attached hydrogens (primary N) is 1. The van der Waals surface area contributed by atoms with Gasteiger partial charge in [0.15, 0.2) is 0 Å². The van der Waals surface area contributed by atoms with Crippen LogP contribution in [-0.4, -0.2) is 10.9 Å². The topological polar surface area (TPSA) is 77.2 Å². The van der Waals surface area contributed by atoms with Crippen LogP contribution in [0.5, 0.6) is 11.5 Å². The summed E-state index contributed by atoms with van der Waals surface area (Å²) in [5.41, 5.74) is 8.89. The van der Waals surface area contributed by atoms with Crippen molar-refractivity contribution in [3.8, 4) is 11.5 Å². The van der Waals surface area contributed by atoms with Crippen LogP contribution in [0.15, 0.2) is 60.8 Å². The Labute approximate surface area is 165 Å². The van der Waals surface area contributed by atoms with Gasteiger partial charge in [-0.15, -0.1) is 0 Å². The molecule has 28 heavy (non-hydrogen) atoms. The third-order valence-electron chi connectivity index (χ3n) is 4.53. The van der Waals surface area contributed by atoms with Crippen LogP contribution in [0.3, 0.4) is 0 Å². The number of nitrogen functional groups attached to an aromatic ring is 1. The van der Waals surface area contributed by atoms with E-state index in [2.05, 4.69) is 23.3 Å². The summed E-state index contributed by atoms with van der Waals surface area (Å²) in [6.07, 6.45) is 4.85. The smallest absolute Gasteiger partial charge is 0.259 e. The first-order valence-corrected chi connectivity index (χ1v) is 9.46. The summed E-state index contributed by atoms with van der Waals surface area (Å²) in [6, 6.07) is 17.1. The first-order valence-electron chi connectivity index (χ1n) is 9.46. The number of aromatic nitrogens is 1. The molecule has 1 aromatic heterocycles. The second-order valence-electron chi connectivity index (χ2n) is 6.68. The van der Waals surface area contributed by atoms with Crippen molar-refractivity contribution in [3.63, 3.8) is 0 Å². The Bertz CT molecular complexity index is 932. The van der Waals surface area contributed by atoms with Crippen molar-refractivity contribution in [1.29, 1.82) is 0 Å². The van der Waals surface area contributed by atoms with E-state index in [9.17, 15) is 4.79 Å². The highest BCUT2D eigenvalue weighted by molar-refractivity contribution is 6.08. The van der Waals surface area contributed by atoms with E-state index < -0.39 is 0 Å². The van der Waals surface area contributed by atoms with Gasteiger partial charge < -0.3 is 15.8 Å². The fourth-order valence-electron chi connectivity index (χ4n) is 2.98. The number of nitrogens with one attached hydrogen (secondary N) is 1. The van der Waals surface area contributed by atoms with Gasteiger partial charge >= 0.3 is 0 Å². The minimum atomic E-state index is -0.276. The van der Waals surface area contributed by atoms with Gasteiger partial charge in [0.25, 0.3) is 5.91 Å². The third-order valence-corrected chi connectivity index (χ3v) is 4.53. The van der Waals surface area contributed by atoms with Gasteiger partial charge in [-0.2, -0.15) is 0 Å². The molecule has 0 unspecified atom stereocenters. The second kappa shape index (κ2) is 9.04. The molecule has 3 N–H and O–H groups in total. The van der Waals surface area contributed by atoms with E-state index in [0.717, 1.165) is 36.3 Å². The van der Waals surface area contributed by atoms with Gasteiger partial charge in [0.1, 0.15) is 17.3 Å². The van der Waals surface area contributed by atoms with E-state index in [1.807, 2.05) is 49.4 Å². The number of carbonyl (C=O) groups excluding carboxylic acids is 1. The normalized spacial score (nSPS) is 10.5. The molecule has 0 aliphatic rings. The van der Waals surface area contributed by atoms with E-state index in [-0.39, 0.29) is 11.7 Å². The number of rotatable bonds is 7. The van der Waals surface area contributed by atoms with E-state index in [0.29, 0.717) is 11.3 Å². The Morgan fingerprint density at radius 3 is 2.57 bits per heavy atom. The highest BCUT2D eigenvalue weighted by Crippen LogP contribution is 2.27. The van der Waals surface area contributed by atoms with Gasteiger partial charge in [-0.05, 0) is 67.3 Å². The summed E-state index contributed by atoms with van der Waals surface area (Å²) in [5.74, 6) is 1.54. The molecule has 0 saturated carbocycles. The van der Waals surface area contributed by atoms with Crippen molar-refractivity contribution in [2.75, 3.05) is 11.1 Å². The molecule has 1 amide bonds. The Kier molecular flexibility index (Phi) is 6.27. The van der Waals surface area contributed by atoms with Gasteiger partial charge in [0.05, 0.1) is 5.56 Å². The molecule has 0 fully saturated rings. The molecule has 3 aromatic rings. The molecule has 5 heteroatoms. The molecule has 0 radical (unpaired) electrons. The van der Waals surface area contributed by atoms with E-state index in [4.69, 9.17) is 10.5 Å². The number of benzene rings is 2. The van der Waals surface area contributed by atoms with Gasteiger partial charge in [0.2, 0.25) is 0 Å². The zero-order valence-corrected chi connectivity index (χ0v) is 16.2. The number of amides is 1. The Hall–Kier alpha value is -3.34. The molecule has 1 heterocycles. The van der Waals surface area contributed by atoms with Crippen molar-refractivity contribution in [1.82, 2.24) is 4.98 Å². The summed E-state index contributed by atoms with van der Waals surface area (Å²) >= 11 is 0. The van der Waals surface area contributed by atoms with Crippen LogP contribution < -0.4 is 15.8 Å². The lowest BCUT2D eigenvalue weighted by Crippen LogP contribution is -2.16. The number of unbranched alkanes of at least 4 members (excludes halogenated alkanes) is 1. The van der Waals surface area contributed by atoms with Crippen molar-refractivity contribution in [2.45, 2.75) is 33.1 Å². The van der Waals surface area contributed by atoms with Gasteiger partial charge in [-0.1, -0.05) is 31.5 Å². The Morgan fingerprint density at radius 2 is 1.86 bits per heavy atom.